The van der Waals surface area contributed by atoms with Crippen LogP contribution in [-0.2, 0) is 28.6 Å². The van der Waals surface area contributed by atoms with Crippen LogP contribution in [0.1, 0.15) is 58.9 Å². The maximum atomic E-state index is 12.7. The predicted octanol–water partition coefficient (Wildman–Crippen LogP) is 4.95. The number of carbonyl (C=O) groups excluding carboxylic acids is 3. The molecule has 0 aromatic heterocycles. The fraction of sp³-hybridized carbons (Fsp3) is 0.483. The van der Waals surface area contributed by atoms with Crippen LogP contribution in [0.5, 0.6) is 5.75 Å². The molecule has 5 atom stereocenters. The van der Waals surface area contributed by atoms with E-state index in [0.717, 1.165) is 28.9 Å². The van der Waals surface area contributed by atoms with Crippen LogP contribution in [0.2, 0.25) is 0 Å². The minimum atomic E-state index is -0.794. The van der Waals surface area contributed by atoms with Gasteiger partial charge in [0.05, 0.1) is 6.61 Å². The molecule has 4 rings (SSSR count). The summed E-state index contributed by atoms with van der Waals surface area (Å²) in [6, 6.07) is 7.48. The number of hydrogen-bond acceptors (Lipinski definition) is 7. The van der Waals surface area contributed by atoms with Crippen molar-refractivity contribution >= 4 is 24.0 Å². The van der Waals surface area contributed by atoms with Gasteiger partial charge < -0.3 is 18.9 Å². The molecule has 0 amide bonds. The largest absolute Gasteiger partial charge is 0.494 e. The lowest BCUT2D eigenvalue weighted by Crippen LogP contribution is -2.40. The van der Waals surface area contributed by atoms with E-state index in [9.17, 15) is 14.4 Å². The highest BCUT2D eigenvalue weighted by atomic mass is 16.6. The Morgan fingerprint density at radius 3 is 2.64 bits per heavy atom. The topological polar surface area (TPSA) is 88.1 Å². The highest BCUT2D eigenvalue weighted by molar-refractivity contribution is 5.91. The second-order valence-electron chi connectivity index (χ2n) is 10.0. The van der Waals surface area contributed by atoms with Gasteiger partial charge in [-0.1, -0.05) is 25.6 Å². The molecule has 7 nitrogen and oxygen atoms in total. The zero-order chi connectivity index (χ0) is 26.0. The molecule has 1 heterocycles. The molecule has 0 radical (unpaired) electrons. The Labute approximate surface area is 212 Å². The first-order chi connectivity index (χ1) is 17.1. The van der Waals surface area contributed by atoms with Crippen molar-refractivity contribution in [2.24, 2.45) is 11.8 Å². The van der Waals surface area contributed by atoms with Crippen LogP contribution in [0, 0.1) is 11.8 Å². The molecule has 1 aromatic rings. The SMILES string of the molecule is C=C1C(=O)O[C@@H]2C3=C(C)[C@@H](OC(=O)/C=C/c4ccc(OCCC)cc4)CC3[C@](C)(OC(C)=O)CC[C@@H]12. The normalized spacial score (nSPS) is 29.4. The van der Waals surface area contributed by atoms with E-state index in [1.807, 2.05) is 45.0 Å². The molecule has 1 unspecified atom stereocenters. The summed E-state index contributed by atoms with van der Waals surface area (Å²) in [5.74, 6) is -0.857. The molecule has 36 heavy (non-hydrogen) atoms. The summed E-state index contributed by atoms with van der Waals surface area (Å²) in [5, 5.41) is 0. The zero-order valence-corrected chi connectivity index (χ0v) is 21.4. The molecule has 1 saturated carbocycles. The molecule has 1 saturated heterocycles. The summed E-state index contributed by atoms with van der Waals surface area (Å²) in [4.78, 5) is 37.0. The number of esters is 3. The Balaban J connectivity index is 1.52. The third-order valence-electron chi connectivity index (χ3n) is 7.47. The van der Waals surface area contributed by atoms with E-state index in [-0.39, 0.29) is 17.8 Å². The van der Waals surface area contributed by atoms with Crippen LogP contribution in [0.25, 0.3) is 6.08 Å². The molecule has 192 valence electrons. The quantitative estimate of drug-likeness (QED) is 0.229. The monoisotopic (exact) mass is 494 g/mol. The zero-order valence-electron chi connectivity index (χ0n) is 21.4. The van der Waals surface area contributed by atoms with E-state index in [2.05, 4.69) is 6.58 Å². The van der Waals surface area contributed by atoms with Crippen molar-refractivity contribution in [3.63, 3.8) is 0 Å². The van der Waals surface area contributed by atoms with Gasteiger partial charge in [0, 0.05) is 30.4 Å². The van der Waals surface area contributed by atoms with Crippen LogP contribution in [0.4, 0.5) is 0 Å². The van der Waals surface area contributed by atoms with E-state index in [0.29, 0.717) is 31.4 Å². The van der Waals surface area contributed by atoms with Crippen molar-refractivity contribution < 1.29 is 33.3 Å². The van der Waals surface area contributed by atoms with E-state index in [1.54, 1.807) is 6.08 Å². The second kappa shape index (κ2) is 10.3. The van der Waals surface area contributed by atoms with Gasteiger partial charge in [0.2, 0.25) is 0 Å². The number of fused-ring (bicyclic) bond motifs is 3. The maximum absolute atomic E-state index is 12.7. The number of hydrogen-bond donors (Lipinski definition) is 0. The van der Waals surface area contributed by atoms with Gasteiger partial charge in [-0.3, -0.25) is 4.79 Å². The van der Waals surface area contributed by atoms with Gasteiger partial charge in [0.15, 0.2) is 0 Å². The van der Waals surface area contributed by atoms with Gasteiger partial charge in [0.25, 0.3) is 0 Å². The second-order valence-corrected chi connectivity index (χ2v) is 10.0. The van der Waals surface area contributed by atoms with Crippen molar-refractivity contribution in [2.75, 3.05) is 6.61 Å². The summed E-state index contributed by atoms with van der Waals surface area (Å²) < 4.78 is 23.0. The maximum Gasteiger partial charge on any atom is 0.334 e. The number of carbonyl (C=O) groups is 3. The molecule has 3 aliphatic rings. The summed E-state index contributed by atoms with van der Waals surface area (Å²) in [6.45, 7) is 11.9. The fourth-order valence-electron chi connectivity index (χ4n) is 5.63. The van der Waals surface area contributed by atoms with E-state index < -0.39 is 29.7 Å². The number of ether oxygens (including phenoxy) is 4. The van der Waals surface area contributed by atoms with Gasteiger partial charge in [-0.2, -0.15) is 0 Å². The predicted molar refractivity (Wildman–Crippen MR) is 134 cm³/mol. The lowest BCUT2D eigenvalue weighted by Gasteiger charge is -2.35. The average molecular weight is 495 g/mol. The third kappa shape index (κ3) is 5.11. The molecule has 1 aromatic carbocycles. The van der Waals surface area contributed by atoms with Crippen LogP contribution in [0.3, 0.4) is 0 Å². The fourth-order valence-corrected chi connectivity index (χ4v) is 5.63. The van der Waals surface area contributed by atoms with E-state index in [1.165, 1.54) is 13.0 Å². The lowest BCUT2D eigenvalue weighted by molar-refractivity contribution is -0.162. The van der Waals surface area contributed by atoms with Crippen molar-refractivity contribution in [3.8, 4) is 5.75 Å². The average Bonchev–Trinajstić information content (AvgIpc) is 3.27. The van der Waals surface area contributed by atoms with Gasteiger partial charge in [-0.25, -0.2) is 9.59 Å². The number of rotatable bonds is 7. The molecule has 7 heteroatoms. The Hall–Kier alpha value is -3.35. The van der Waals surface area contributed by atoms with Crippen molar-refractivity contribution in [1.29, 1.82) is 0 Å². The van der Waals surface area contributed by atoms with E-state index >= 15 is 0 Å². The molecule has 0 N–H and O–H groups in total. The van der Waals surface area contributed by atoms with Gasteiger partial charge >= 0.3 is 17.9 Å². The lowest BCUT2D eigenvalue weighted by atomic mass is 9.81. The molecular weight excluding hydrogens is 460 g/mol. The molecule has 2 aliphatic carbocycles. The summed E-state index contributed by atoms with van der Waals surface area (Å²) in [5.41, 5.74) is 2.23. The molecule has 1 aliphatic heterocycles. The standard InChI is InChI=1S/C29H34O7/c1-6-15-33-21-10-7-20(8-11-21)9-12-25(31)34-24-16-23-26(18(24)3)27-22(17(2)28(32)35-27)13-14-29(23,5)36-19(4)30/h7-12,22-24,27H,2,6,13-16H2,1,3-5H3/b12-9+/t22-,23?,24-,27-,29+/m0/s1. The van der Waals surface area contributed by atoms with Gasteiger partial charge in [-0.15, -0.1) is 0 Å². The number of benzene rings is 1. The molecule has 0 spiro atoms. The highest BCUT2D eigenvalue weighted by Crippen LogP contribution is 2.53. The first kappa shape index (κ1) is 25.7. The van der Waals surface area contributed by atoms with Crippen LogP contribution >= 0.6 is 0 Å². The Kier molecular flexibility index (Phi) is 7.38. The van der Waals surface area contributed by atoms with Crippen molar-refractivity contribution in [1.82, 2.24) is 0 Å². The Bertz CT molecular complexity index is 1110. The smallest absolute Gasteiger partial charge is 0.334 e. The van der Waals surface area contributed by atoms with Gasteiger partial charge in [-0.05, 0) is 74.4 Å². The Morgan fingerprint density at radius 2 is 1.97 bits per heavy atom. The summed E-state index contributed by atoms with van der Waals surface area (Å²) >= 11 is 0. The molecule has 2 fully saturated rings. The van der Waals surface area contributed by atoms with Crippen LogP contribution in [0.15, 0.2) is 53.6 Å². The van der Waals surface area contributed by atoms with E-state index in [4.69, 9.17) is 18.9 Å². The van der Waals surface area contributed by atoms with Crippen LogP contribution in [-0.4, -0.2) is 42.3 Å². The Morgan fingerprint density at radius 1 is 1.25 bits per heavy atom. The molecular formula is C29H34O7. The van der Waals surface area contributed by atoms with Crippen molar-refractivity contribution in [2.45, 2.75) is 71.2 Å². The molecule has 0 bridgehead atoms. The van der Waals surface area contributed by atoms with Crippen LogP contribution < -0.4 is 4.74 Å². The summed E-state index contributed by atoms with van der Waals surface area (Å²) in [7, 11) is 0. The first-order valence-electron chi connectivity index (χ1n) is 12.5. The van der Waals surface area contributed by atoms with Crippen molar-refractivity contribution in [3.05, 3.63) is 59.2 Å². The summed E-state index contributed by atoms with van der Waals surface area (Å²) in [6.07, 6.45) is 4.70. The minimum absolute atomic E-state index is 0.180. The first-order valence-corrected chi connectivity index (χ1v) is 12.5. The minimum Gasteiger partial charge on any atom is -0.494 e. The highest BCUT2D eigenvalue weighted by Gasteiger charge is 2.56. The third-order valence-corrected chi connectivity index (χ3v) is 7.47. The van der Waals surface area contributed by atoms with Gasteiger partial charge in [0.1, 0.15) is 23.6 Å².